The monoisotopic (exact) mass is 255 g/mol. The van der Waals surface area contributed by atoms with Gasteiger partial charge in [0.05, 0.1) is 6.10 Å². The highest BCUT2D eigenvalue weighted by Crippen LogP contribution is 2.19. The van der Waals surface area contributed by atoms with E-state index in [1.807, 2.05) is 24.3 Å². The van der Waals surface area contributed by atoms with Gasteiger partial charge in [-0.15, -0.1) is 11.8 Å². The zero-order valence-electron chi connectivity index (χ0n) is 9.67. The van der Waals surface area contributed by atoms with Crippen molar-refractivity contribution >= 4 is 17.7 Å². The fourth-order valence-electron chi connectivity index (χ4n) is 1.28. The Kier molecular flexibility index (Phi) is 5.47. The summed E-state index contributed by atoms with van der Waals surface area (Å²) in [4.78, 5) is 11.6. The van der Waals surface area contributed by atoms with E-state index in [1.54, 1.807) is 18.7 Å². The Hall–Kier alpha value is -1.04. The molecule has 0 fully saturated rings. The molecule has 1 rings (SSSR count). The van der Waals surface area contributed by atoms with Gasteiger partial charge in [-0.1, -0.05) is 12.1 Å². The van der Waals surface area contributed by atoms with Gasteiger partial charge in [0, 0.05) is 10.6 Å². The number of carboxylic acids is 1. The second-order valence-corrected chi connectivity index (χ2v) is 5.05. The summed E-state index contributed by atoms with van der Waals surface area (Å²) in [6.07, 6.45) is -0.00319. The lowest BCUT2D eigenvalue weighted by Crippen LogP contribution is -2.32. The SMILES string of the molecule is CC(O)CSc1ccc(CC(N)C(=O)O)cc1. The molecule has 2 unspecified atom stereocenters. The van der Waals surface area contributed by atoms with E-state index >= 15 is 0 Å². The number of aliphatic hydroxyl groups excluding tert-OH is 1. The predicted molar refractivity (Wildman–Crippen MR) is 68.2 cm³/mol. The van der Waals surface area contributed by atoms with E-state index in [1.165, 1.54) is 0 Å². The molecule has 0 saturated carbocycles. The fourth-order valence-corrected chi connectivity index (χ4v) is 2.04. The molecule has 0 aliphatic carbocycles. The molecular weight excluding hydrogens is 238 g/mol. The van der Waals surface area contributed by atoms with E-state index in [2.05, 4.69) is 0 Å². The van der Waals surface area contributed by atoms with Gasteiger partial charge in [0.25, 0.3) is 0 Å². The summed E-state index contributed by atoms with van der Waals surface area (Å²) in [7, 11) is 0. The number of thioether (sulfide) groups is 1. The van der Waals surface area contributed by atoms with Gasteiger partial charge in [0.1, 0.15) is 6.04 Å². The Morgan fingerprint density at radius 2 is 2.00 bits per heavy atom. The van der Waals surface area contributed by atoms with Gasteiger partial charge in [-0.3, -0.25) is 4.79 Å². The molecule has 5 heteroatoms. The minimum atomic E-state index is -0.988. The molecule has 0 heterocycles. The van der Waals surface area contributed by atoms with Crippen LogP contribution < -0.4 is 5.73 Å². The number of rotatable bonds is 6. The van der Waals surface area contributed by atoms with E-state index in [9.17, 15) is 4.79 Å². The third-order valence-corrected chi connectivity index (χ3v) is 3.44. The Morgan fingerprint density at radius 1 is 1.41 bits per heavy atom. The number of aliphatic carboxylic acids is 1. The highest BCUT2D eigenvalue weighted by atomic mass is 32.2. The van der Waals surface area contributed by atoms with Gasteiger partial charge < -0.3 is 15.9 Å². The number of carboxylic acid groups (broad SMARTS) is 1. The first kappa shape index (κ1) is 14.0. The van der Waals surface area contributed by atoms with Crippen LogP contribution in [-0.4, -0.2) is 34.1 Å². The van der Waals surface area contributed by atoms with Gasteiger partial charge in [0.15, 0.2) is 0 Å². The van der Waals surface area contributed by atoms with Crippen molar-refractivity contribution in [1.82, 2.24) is 0 Å². The zero-order chi connectivity index (χ0) is 12.8. The van der Waals surface area contributed by atoms with Crippen LogP contribution in [0.4, 0.5) is 0 Å². The van der Waals surface area contributed by atoms with E-state index in [0.29, 0.717) is 12.2 Å². The number of hydrogen-bond acceptors (Lipinski definition) is 4. The van der Waals surface area contributed by atoms with Crippen molar-refractivity contribution in [2.24, 2.45) is 5.73 Å². The van der Waals surface area contributed by atoms with Crippen molar-refractivity contribution in [3.63, 3.8) is 0 Å². The van der Waals surface area contributed by atoms with Crippen molar-refractivity contribution in [3.05, 3.63) is 29.8 Å². The second-order valence-electron chi connectivity index (χ2n) is 3.95. The first-order chi connectivity index (χ1) is 7.99. The standard InChI is InChI=1S/C12H17NO3S/c1-8(14)7-17-10-4-2-9(3-5-10)6-11(13)12(15)16/h2-5,8,11,14H,6-7,13H2,1H3,(H,15,16). The molecule has 4 N–H and O–H groups in total. The Morgan fingerprint density at radius 3 is 2.47 bits per heavy atom. The van der Waals surface area contributed by atoms with Crippen molar-refractivity contribution < 1.29 is 15.0 Å². The van der Waals surface area contributed by atoms with Crippen molar-refractivity contribution in [3.8, 4) is 0 Å². The van der Waals surface area contributed by atoms with Crippen LogP contribution in [0.1, 0.15) is 12.5 Å². The lowest BCUT2D eigenvalue weighted by Gasteiger charge is -2.08. The van der Waals surface area contributed by atoms with Crippen LogP contribution in [-0.2, 0) is 11.2 Å². The van der Waals surface area contributed by atoms with Crippen molar-refractivity contribution in [2.75, 3.05) is 5.75 Å². The molecule has 0 radical (unpaired) electrons. The number of benzene rings is 1. The highest BCUT2D eigenvalue weighted by Gasteiger charge is 2.11. The van der Waals surface area contributed by atoms with Gasteiger partial charge in [-0.05, 0) is 31.0 Å². The molecule has 0 spiro atoms. The summed E-state index contributed by atoms with van der Waals surface area (Å²) in [5.41, 5.74) is 6.35. The molecule has 0 amide bonds. The molecule has 0 bridgehead atoms. The van der Waals surface area contributed by atoms with Crippen LogP contribution in [0.15, 0.2) is 29.2 Å². The smallest absolute Gasteiger partial charge is 0.320 e. The van der Waals surface area contributed by atoms with Crippen LogP contribution in [0, 0.1) is 0 Å². The van der Waals surface area contributed by atoms with Gasteiger partial charge in [0.2, 0.25) is 0 Å². The van der Waals surface area contributed by atoms with Gasteiger partial charge in [-0.2, -0.15) is 0 Å². The molecule has 4 nitrogen and oxygen atoms in total. The third kappa shape index (κ3) is 5.21. The minimum absolute atomic E-state index is 0.330. The second kappa shape index (κ2) is 6.64. The number of hydrogen-bond donors (Lipinski definition) is 3. The summed E-state index contributed by atoms with van der Waals surface area (Å²) < 4.78 is 0. The lowest BCUT2D eigenvalue weighted by atomic mass is 10.1. The average molecular weight is 255 g/mol. The highest BCUT2D eigenvalue weighted by molar-refractivity contribution is 7.99. The summed E-state index contributed by atoms with van der Waals surface area (Å²) in [6.45, 7) is 1.74. The number of nitrogens with two attached hydrogens (primary N) is 1. The maximum atomic E-state index is 10.6. The van der Waals surface area contributed by atoms with Crippen LogP contribution in [0.5, 0.6) is 0 Å². The number of carbonyl (C=O) groups is 1. The van der Waals surface area contributed by atoms with E-state index in [4.69, 9.17) is 15.9 Å². The van der Waals surface area contributed by atoms with Crippen molar-refractivity contribution in [2.45, 2.75) is 30.4 Å². The Labute approximate surface area is 105 Å². The lowest BCUT2D eigenvalue weighted by molar-refractivity contribution is -0.138. The first-order valence-electron chi connectivity index (χ1n) is 5.37. The minimum Gasteiger partial charge on any atom is -0.480 e. The largest absolute Gasteiger partial charge is 0.480 e. The topological polar surface area (TPSA) is 83.5 Å². The maximum absolute atomic E-state index is 10.6. The molecule has 0 aliphatic heterocycles. The van der Waals surface area contributed by atoms with Crippen LogP contribution in [0.2, 0.25) is 0 Å². The van der Waals surface area contributed by atoms with Crippen LogP contribution in [0.3, 0.4) is 0 Å². The maximum Gasteiger partial charge on any atom is 0.320 e. The molecule has 2 atom stereocenters. The summed E-state index contributed by atoms with van der Waals surface area (Å²) in [6, 6.07) is 6.71. The van der Waals surface area contributed by atoms with Gasteiger partial charge in [-0.25, -0.2) is 0 Å². The van der Waals surface area contributed by atoms with Crippen LogP contribution in [0.25, 0.3) is 0 Å². The Bertz CT molecular complexity index is 365. The molecule has 0 saturated heterocycles. The third-order valence-electron chi connectivity index (χ3n) is 2.19. The molecule has 94 valence electrons. The van der Waals surface area contributed by atoms with Gasteiger partial charge >= 0.3 is 5.97 Å². The Balaban J connectivity index is 2.53. The predicted octanol–water partition coefficient (Wildman–Crippen LogP) is 1.11. The molecule has 17 heavy (non-hydrogen) atoms. The average Bonchev–Trinajstić information content (AvgIpc) is 2.28. The number of aliphatic hydroxyl groups is 1. The van der Waals surface area contributed by atoms with E-state index in [0.717, 1.165) is 10.5 Å². The normalized spacial score (nSPS) is 14.3. The summed E-state index contributed by atoms with van der Waals surface area (Å²) in [5, 5.41) is 17.8. The summed E-state index contributed by atoms with van der Waals surface area (Å²) >= 11 is 1.56. The first-order valence-corrected chi connectivity index (χ1v) is 6.36. The molecule has 1 aromatic carbocycles. The van der Waals surface area contributed by atoms with E-state index < -0.39 is 12.0 Å². The van der Waals surface area contributed by atoms with Crippen LogP contribution >= 0.6 is 11.8 Å². The molecule has 0 aromatic heterocycles. The quantitative estimate of drug-likeness (QED) is 0.663. The van der Waals surface area contributed by atoms with E-state index in [-0.39, 0.29) is 6.10 Å². The summed E-state index contributed by atoms with van der Waals surface area (Å²) in [5.74, 6) is -0.342. The zero-order valence-corrected chi connectivity index (χ0v) is 10.5. The molecule has 1 aromatic rings. The van der Waals surface area contributed by atoms with Crippen molar-refractivity contribution in [1.29, 1.82) is 0 Å². The molecule has 0 aliphatic rings. The molecular formula is C12H17NO3S. The fraction of sp³-hybridized carbons (Fsp3) is 0.417.